The van der Waals surface area contributed by atoms with E-state index < -0.39 is 0 Å². The second-order valence-electron chi connectivity index (χ2n) is 4.14. The van der Waals surface area contributed by atoms with Crippen molar-refractivity contribution in [3.63, 3.8) is 0 Å². The van der Waals surface area contributed by atoms with Crippen LogP contribution in [0.1, 0.15) is 32.4 Å². The van der Waals surface area contributed by atoms with Crippen molar-refractivity contribution in [1.29, 1.82) is 0 Å². The molecular formula is C11H21N3. The van der Waals surface area contributed by atoms with Crippen LogP contribution in [0.15, 0.2) is 12.5 Å². The fourth-order valence-electron chi connectivity index (χ4n) is 1.55. The highest BCUT2D eigenvalue weighted by atomic mass is 15.1. The summed E-state index contributed by atoms with van der Waals surface area (Å²) in [6.07, 6.45) is 6.39. The third-order valence-corrected chi connectivity index (χ3v) is 2.34. The van der Waals surface area contributed by atoms with Gasteiger partial charge in [0.1, 0.15) is 0 Å². The van der Waals surface area contributed by atoms with Crippen molar-refractivity contribution < 1.29 is 0 Å². The molecule has 0 fully saturated rings. The van der Waals surface area contributed by atoms with E-state index in [1.807, 2.05) is 19.6 Å². The fourth-order valence-corrected chi connectivity index (χ4v) is 1.55. The number of rotatable bonds is 6. The van der Waals surface area contributed by atoms with Crippen molar-refractivity contribution in [2.24, 2.45) is 5.92 Å². The van der Waals surface area contributed by atoms with E-state index in [1.54, 1.807) is 0 Å². The molecule has 80 valence electrons. The van der Waals surface area contributed by atoms with Gasteiger partial charge >= 0.3 is 0 Å². The van der Waals surface area contributed by atoms with E-state index in [2.05, 4.69) is 28.7 Å². The Hall–Kier alpha value is -0.830. The maximum atomic E-state index is 4.16. The predicted molar refractivity (Wildman–Crippen MR) is 59.1 cm³/mol. The van der Waals surface area contributed by atoms with E-state index in [0.717, 1.165) is 19.0 Å². The van der Waals surface area contributed by atoms with E-state index in [0.29, 0.717) is 0 Å². The lowest BCUT2D eigenvalue weighted by Crippen LogP contribution is -2.11. The van der Waals surface area contributed by atoms with Crippen molar-refractivity contribution in [2.45, 2.75) is 39.8 Å². The van der Waals surface area contributed by atoms with Crippen LogP contribution in [0.3, 0.4) is 0 Å². The van der Waals surface area contributed by atoms with Crippen LogP contribution in [0.2, 0.25) is 0 Å². The average molecular weight is 195 g/mol. The fraction of sp³-hybridized carbons (Fsp3) is 0.727. The molecule has 1 aromatic heterocycles. The van der Waals surface area contributed by atoms with E-state index >= 15 is 0 Å². The zero-order valence-electron chi connectivity index (χ0n) is 9.45. The lowest BCUT2D eigenvalue weighted by molar-refractivity contribution is 0.502. The molecule has 0 amide bonds. The molecule has 0 bridgehead atoms. The molecular weight excluding hydrogens is 174 g/mol. The number of imidazole rings is 1. The number of hydrogen-bond acceptors (Lipinski definition) is 2. The van der Waals surface area contributed by atoms with Crippen LogP contribution >= 0.6 is 0 Å². The van der Waals surface area contributed by atoms with Gasteiger partial charge < -0.3 is 9.88 Å². The highest BCUT2D eigenvalue weighted by molar-refractivity contribution is 4.97. The van der Waals surface area contributed by atoms with E-state index in [1.165, 1.54) is 18.5 Å². The molecule has 0 aliphatic heterocycles. The second-order valence-corrected chi connectivity index (χ2v) is 4.14. The summed E-state index contributed by atoms with van der Waals surface area (Å²) in [7, 11) is 1.96. The summed E-state index contributed by atoms with van der Waals surface area (Å²) in [4.78, 5) is 4.16. The van der Waals surface area contributed by atoms with E-state index in [9.17, 15) is 0 Å². The summed E-state index contributed by atoms with van der Waals surface area (Å²) in [5.74, 6) is 0.797. The highest BCUT2D eigenvalue weighted by Crippen LogP contribution is 2.07. The van der Waals surface area contributed by atoms with E-state index in [-0.39, 0.29) is 0 Å². The Bertz CT molecular complexity index is 253. The summed E-state index contributed by atoms with van der Waals surface area (Å²) >= 11 is 0. The van der Waals surface area contributed by atoms with Gasteiger partial charge in [0, 0.05) is 19.3 Å². The van der Waals surface area contributed by atoms with Crippen LogP contribution in [0, 0.1) is 5.92 Å². The molecule has 0 saturated heterocycles. The third-order valence-electron chi connectivity index (χ3n) is 2.34. The predicted octanol–water partition coefficient (Wildman–Crippen LogP) is 2.04. The number of nitrogens with one attached hydrogen (secondary N) is 1. The molecule has 3 nitrogen and oxygen atoms in total. The van der Waals surface area contributed by atoms with Crippen LogP contribution in [0.5, 0.6) is 0 Å². The molecule has 0 aromatic carbocycles. The van der Waals surface area contributed by atoms with Gasteiger partial charge in [-0.2, -0.15) is 0 Å². The van der Waals surface area contributed by atoms with Gasteiger partial charge in [-0.3, -0.25) is 0 Å². The smallest absolute Gasteiger partial charge is 0.0948 e. The van der Waals surface area contributed by atoms with Crippen LogP contribution in [0.4, 0.5) is 0 Å². The van der Waals surface area contributed by atoms with Crippen molar-refractivity contribution in [3.8, 4) is 0 Å². The summed E-state index contributed by atoms with van der Waals surface area (Å²) < 4.78 is 2.24. The van der Waals surface area contributed by atoms with Crippen LogP contribution < -0.4 is 5.32 Å². The monoisotopic (exact) mass is 195 g/mol. The first-order chi connectivity index (χ1) is 6.74. The van der Waals surface area contributed by atoms with Crippen molar-refractivity contribution in [3.05, 3.63) is 18.2 Å². The van der Waals surface area contributed by atoms with Gasteiger partial charge in [0.25, 0.3) is 0 Å². The number of aromatic nitrogens is 2. The molecule has 1 N–H and O–H groups in total. The molecule has 0 aliphatic carbocycles. The van der Waals surface area contributed by atoms with Crippen LogP contribution in [-0.4, -0.2) is 16.6 Å². The van der Waals surface area contributed by atoms with Crippen LogP contribution in [0.25, 0.3) is 0 Å². The minimum absolute atomic E-state index is 0.797. The van der Waals surface area contributed by atoms with Gasteiger partial charge in [-0.1, -0.05) is 13.8 Å². The van der Waals surface area contributed by atoms with Gasteiger partial charge in [-0.05, 0) is 25.8 Å². The maximum Gasteiger partial charge on any atom is 0.0948 e. The number of hydrogen-bond donors (Lipinski definition) is 1. The summed E-state index contributed by atoms with van der Waals surface area (Å²) in [6, 6.07) is 0. The standard InChI is InChI=1S/C11H21N3/c1-10(2)5-4-6-14-9-13-8-11(14)7-12-3/h8-10,12H,4-7H2,1-3H3. The Balaban J connectivity index is 2.37. The summed E-state index contributed by atoms with van der Waals surface area (Å²) in [5, 5.41) is 3.15. The lowest BCUT2D eigenvalue weighted by Gasteiger charge is -2.08. The summed E-state index contributed by atoms with van der Waals surface area (Å²) in [5.41, 5.74) is 1.27. The Kier molecular flexibility index (Phi) is 4.66. The third kappa shape index (κ3) is 3.50. The zero-order chi connectivity index (χ0) is 10.4. The van der Waals surface area contributed by atoms with Crippen LogP contribution in [-0.2, 0) is 13.1 Å². The Morgan fingerprint density at radius 2 is 2.29 bits per heavy atom. The largest absolute Gasteiger partial charge is 0.333 e. The highest BCUT2D eigenvalue weighted by Gasteiger charge is 2.00. The minimum atomic E-state index is 0.797. The Morgan fingerprint density at radius 1 is 1.50 bits per heavy atom. The first-order valence-corrected chi connectivity index (χ1v) is 5.37. The van der Waals surface area contributed by atoms with Crippen molar-refractivity contribution >= 4 is 0 Å². The molecule has 1 rings (SSSR count). The molecule has 0 unspecified atom stereocenters. The second kappa shape index (κ2) is 5.81. The molecule has 0 aliphatic rings. The van der Waals surface area contributed by atoms with Crippen molar-refractivity contribution in [2.75, 3.05) is 7.05 Å². The average Bonchev–Trinajstić information content (AvgIpc) is 2.53. The minimum Gasteiger partial charge on any atom is -0.333 e. The zero-order valence-corrected chi connectivity index (χ0v) is 9.45. The quantitative estimate of drug-likeness (QED) is 0.752. The van der Waals surface area contributed by atoms with Gasteiger partial charge in [-0.25, -0.2) is 4.98 Å². The molecule has 3 heteroatoms. The van der Waals surface area contributed by atoms with E-state index in [4.69, 9.17) is 0 Å². The Labute approximate surface area is 86.5 Å². The SMILES string of the molecule is CNCc1cncn1CCCC(C)C. The molecule has 1 heterocycles. The van der Waals surface area contributed by atoms with Gasteiger partial charge in [-0.15, -0.1) is 0 Å². The topological polar surface area (TPSA) is 29.9 Å². The van der Waals surface area contributed by atoms with Gasteiger partial charge in [0.05, 0.1) is 12.0 Å². The number of aryl methyl sites for hydroxylation is 1. The first kappa shape index (κ1) is 11.2. The lowest BCUT2D eigenvalue weighted by atomic mass is 10.1. The molecule has 0 atom stereocenters. The first-order valence-electron chi connectivity index (χ1n) is 5.37. The van der Waals surface area contributed by atoms with Gasteiger partial charge in [0.2, 0.25) is 0 Å². The summed E-state index contributed by atoms with van der Waals surface area (Å²) in [6.45, 7) is 6.53. The molecule has 0 radical (unpaired) electrons. The van der Waals surface area contributed by atoms with Crippen molar-refractivity contribution in [1.82, 2.24) is 14.9 Å². The number of nitrogens with zero attached hydrogens (tertiary/aromatic N) is 2. The maximum absolute atomic E-state index is 4.16. The molecule has 0 spiro atoms. The molecule has 0 saturated carbocycles. The normalized spacial score (nSPS) is 11.1. The Morgan fingerprint density at radius 3 is 2.93 bits per heavy atom. The molecule has 1 aromatic rings. The van der Waals surface area contributed by atoms with Gasteiger partial charge in [0.15, 0.2) is 0 Å². The molecule has 14 heavy (non-hydrogen) atoms.